The van der Waals surface area contributed by atoms with Crippen LogP contribution in [0.2, 0.25) is 0 Å². The molecule has 2 saturated carbocycles. The van der Waals surface area contributed by atoms with Crippen molar-refractivity contribution in [3.8, 4) is 11.5 Å². The van der Waals surface area contributed by atoms with E-state index in [1.165, 1.54) is 32.8 Å². The number of benzene rings is 1. The minimum Gasteiger partial charge on any atom is -0.494 e. The van der Waals surface area contributed by atoms with Gasteiger partial charge in [-0.2, -0.15) is 17.6 Å². The molecule has 0 aromatic heterocycles. The van der Waals surface area contributed by atoms with Crippen LogP contribution in [0.3, 0.4) is 0 Å². The first-order valence-electron chi connectivity index (χ1n) is 9.90. The third kappa shape index (κ3) is 4.52. The van der Waals surface area contributed by atoms with E-state index in [0.29, 0.717) is 24.7 Å². The Morgan fingerprint density at radius 2 is 1.33 bits per heavy atom. The highest BCUT2D eigenvalue weighted by Crippen LogP contribution is 2.45. The fourth-order valence-electron chi connectivity index (χ4n) is 4.66. The molecule has 0 atom stereocenters. The molecule has 0 bridgehead atoms. The molecule has 2 aliphatic rings. The zero-order valence-corrected chi connectivity index (χ0v) is 15.9. The lowest BCUT2D eigenvalue weighted by molar-refractivity contribution is -0.225. The van der Waals surface area contributed by atoms with Gasteiger partial charge in [-0.05, 0) is 68.4 Å². The Morgan fingerprint density at radius 1 is 0.852 bits per heavy atom. The molecule has 0 heterocycles. The van der Waals surface area contributed by atoms with Gasteiger partial charge in [0.25, 0.3) is 0 Å². The molecular formula is C21H32F4O2. The van der Waals surface area contributed by atoms with E-state index in [4.69, 9.17) is 0 Å². The summed E-state index contributed by atoms with van der Waals surface area (Å²) in [5.41, 5.74) is 0. The number of ether oxygens (including phenoxy) is 2. The van der Waals surface area contributed by atoms with Gasteiger partial charge in [0.1, 0.15) is 0 Å². The summed E-state index contributed by atoms with van der Waals surface area (Å²) in [6.07, 6.45) is 3.53. The van der Waals surface area contributed by atoms with Gasteiger partial charge in [-0.25, -0.2) is 0 Å². The molecule has 0 unspecified atom stereocenters. The molecule has 2 fully saturated rings. The van der Waals surface area contributed by atoms with E-state index >= 15 is 0 Å². The summed E-state index contributed by atoms with van der Waals surface area (Å²) in [6, 6.07) is 2.07. The van der Waals surface area contributed by atoms with Crippen molar-refractivity contribution in [2.75, 3.05) is 7.11 Å². The Morgan fingerprint density at radius 3 is 1.89 bits per heavy atom. The Bertz CT molecular complexity index is 644. The molecule has 0 spiro atoms. The molecule has 156 valence electrons. The van der Waals surface area contributed by atoms with Crippen LogP contribution in [-0.4, -0.2) is 13.2 Å². The predicted molar refractivity (Wildman–Crippen MR) is 99.3 cm³/mol. The predicted octanol–water partition coefficient (Wildman–Crippen LogP) is 7.07. The molecule has 0 aliphatic heterocycles. The molecule has 1 aromatic rings. The first-order valence-corrected chi connectivity index (χ1v) is 9.90. The van der Waals surface area contributed by atoms with Crippen molar-refractivity contribution in [3.05, 3.63) is 23.8 Å². The molecular weight excluding hydrogens is 360 g/mol. The maximum atomic E-state index is 14.6. The minimum absolute atomic E-state index is 0. The number of halogens is 4. The standard InChI is InChI=1S/C21H28F4O2.2H2/c1-13-3-5-14(6-4-13)15-7-9-16(10-8-15)21(24,25)27-18-12-11-17(26-2)19(22)20(18)23;;/h11-16H,3-10H2,1-2H3;2*1H. The van der Waals surface area contributed by atoms with Crippen LogP contribution < -0.4 is 9.47 Å². The maximum absolute atomic E-state index is 14.6. The number of hydrogen-bond acceptors (Lipinski definition) is 2. The average Bonchev–Trinajstić information content (AvgIpc) is 2.66. The average molecular weight is 392 g/mol. The summed E-state index contributed by atoms with van der Waals surface area (Å²) < 4.78 is 66.1. The van der Waals surface area contributed by atoms with Crippen molar-refractivity contribution >= 4 is 0 Å². The maximum Gasteiger partial charge on any atom is 0.400 e. The molecule has 27 heavy (non-hydrogen) atoms. The Balaban J connectivity index is 0.00000210. The fourth-order valence-corrected chi connectivity index (χ4v) is 4.66. The van der Waals surface area contributed by atoms with Gasteiger partial charge in [0.05, 0.1) is 13.0 Å². The number of rotatable bonds is 5. The molecule has 2 nitrogen and oxygen atoms in total. The summed E-state index contributed by atoms with van der Waals surface area (Å²) in [7, 11) is 1.18. The van der Waals surface area contributed by atoms with Crippen molar-refractivity contribution in [1.82, 2.24) is 0 Å². The highest BCUT2D eigenvalue weighted by molar-refractivity contribution is 5.35. The van der Waals surface area contributed by atoms with Crippen LogP contribution in [-0.2, 0) is 0 Å². The minimum atomic E-state index is -3.52. The van der Waals surface area contributed by atoms with Crippen LogP contribution in [0.1, 0.15) is 61.1 Å². The van der Waals surface area contributed by atoms with Gasteiger partial charge < -0.3 is 9.47 Å². The molecule has 1 aromatic carbocycles. The molecule has 0 radical (unpaired) electrons. The molecule has 2 aliphatic carbocycles. The summed E-state index contributed by atoms with van der Waals surface area (Å²) in [5.74, 6) is -2.94. The van der Waals surface area contributed by atoms with E-state index in [1.54, 1.807) is 0 Å². The quantitative estimate of drug-likeness (QED) is 0.499. The summed E-state index contributed by atoms with van der Waals surface area (Å²) in [5, 5.41) is 0. The van der Waals surface area contributed by atoms with Gasteiger partial charge in [-0.3, -0.25) is 0 Å². The topological polar surface area (TPSA) is 18.5 Å². The van der Waals surface area contributed by atoms with Crippen molar-refractivity contribution in [3.63, 3.8) is 0 Å². The monoisotopic (exact) mass is 392 g/mol. The largest absolute Gasteiger partial charge is 0.494 e. The second-order valence-corrected chi connectivity index (χ2v) is 8.19. The summed E-state index contributed by atoms with van der Waals surface area (Å²) >= 11 is 0. The van der Waals surface area contributed by atoms with Crippen LogP contribution in [0, 0.1) is 35.3 Å². The number of hydrogen-bond donors (Lipinski definition) is 0. The third-order valence-corrected chi connectivity index (χ3v) is 6.45. The summed E-state index contributed by atoms with van der Waals surface area (Å²) in [4.78, 5) is 0. The summed E-state index contributed by atoms with van der Waals surface area (Å²) in [6.45, 7) is 2.27. The van der Waals surface area contributed by atoms with Crippen molar-refractivity contribution < 1.29 is 29.9 Å². The molecule has 0 saturated heterocycles. The fraction of sp³-hybridized carbons (Fsp3) is 0.714. The lowest BCUT2D eigenvalue weighted by Crippen LogP contribution is -2.38. The van der Waals surface area contributed by atoms with Crippen molar-refractivity contribution in [2.24, 2.45) is 23.7 Å². The van der Waals surface area contributed by atoms with Crippen LogP contribution in [0.15, 0.2) is 12.1 Å². The van der Waals surface area contributed by atoms with Gasteiger partial charge in [0.15, 0.2) is 11.5 Å². The smallest absolute Gasteiger partial charge is 0.400 e. The van der Waals surface area contributed by atoms with Gasteiger partial charge >= 0.3 is 6.11 Å². The number of methoxy groups -OCH3 is 1. The Kier molecular flexibility index (Phi) is 6.21. The van der Waals surface area contributed by atoms with Gasteiger partial charge in [0, 0.05) is 2.85 Å². The van der Waals surface area contributed by atoms with Crippen LogP contribution in [0.4, 0.5) is 17.6 Å². The van der Waals surface area contributed by atoms with Crippen LogP contribution >= 0.6 is 0 Å². The SMILES string of the molecule is COc1ccc(OC(F)(F)C2CCC(C3CCC(C)CC3)CC2)c(F)c1F.[HH].[HH]. The molecule has 3 rings (SSSR count). The first kappa shape index (κ1) is 20.3. The zero-order valence-electron chi connectivity index (χ0n) is 15.9. The highest BCUT2D eigenvalue weighted by atomic mass is 19.3. The second-order valence-electron chi connectivity index (χ2n) is 8.19. The molecule has 6 heteroatoms. The van der Waals surface area contributed by atoms with E-state index in [0.717, 1.165) is 30.9 Å². The van der Waals surface area contributed by atoms with Crippen LogP contribution in [0.25, 0.3) is 0 Å². The van der Waals surface area contributed by atoms with E-state index < -0.39 is 29.4 Å². The van der Waals surface area contributed by atoms with E-state index in [1.807, 2.05) is 0 Å². The lowest BCUT2D eigenvalue weighted by atomic mass is 9.69. The van der Waals surface area contributed by atoms with E-state index in [9.17, 15) is 17.6 Å². The molecule has 0 amide bonds. The first-order chi connectivity index (χ1) is 12.8. The number of alkyl halides is 2. The van der Waals surface area contributed by atoms with E-state index in [2.05, 4.69) is 16.4 Å². The van der Waals surface area contributed by atoms with Crippen LogP contribution in [0.5, 0.6) is 11.5 Å². The van der Waals surface area contributed by atoms with Crippen molar-refractivity contribution in [1.29, 1.82) is 0 Å². The third-order valence-electron chi connectivity index (χ3n) is 6.45. The molecule has 0 N–H and O–H groups in total. The van der Waals surface area contributed by atoms with Gasteiger partial charge in [-0.1, -0.05) is 19.8 Å². The lowest BCUT2D eigenvalue weighted by Gasteiger charge is -2.38. The second kappa shape index (κ2) is 8.27. The Labute approximate surface area is 161 Å². The normalized spacial score (nSPS) is 29.4. The van der Waals surface area contributed by atoms with Crippen molar-refractivity contribution in [2.45, 2.75) is 64.4 Å². The zero-order chi connectivity index (χ0) is 19.6. The Hall–Kier alpha value is -1.46. The van der Waals surface area contributed by atoms with Gasteiger partial charge in [0.2, 0.25) is 11.6 Å². The van der Waals surface area contributed by atoms with E-state index in [-0.39, 0.29) is 8.60 Å². The van der Waals surface area contributed by atoms with Gasteiger partial charge in [-0.15, -0.1) is 0 Å². The highest BCUT2D eigenvalue weighted by Gasteiger charge is 2.45.